The van der Waals surface area contributed by atoms with E-state index in [1.54, 1.807) is 0 Å². The summed E-state index contributed by atoms with van der Waals surface area (Å²) in [5.74, 6) is -7.48. The molecule has 0 unspecified atom stereocenters. The minimum Gasteiger partial charge on any atom is -0.620 e. The van der Waals surface area contributed by atoms with Gasteiger partial charge in [0.05, 0.1) is 0 Å². The first-order chi connectivity index (χ1) is 46.4. The van der Waals surface area contributed by atoms with Crippen LogP contribution in [-0.4, -0.2) is 102 Å². The van der Waals surface area contributed by atoms with Gasteiger partial charge in [-0.3, -0.25) is 44.2 Å². The molecule has 14 rings (SSSR count). The third-order valence-electron chi connectivity index (χ3n) is 15.5. The first kappa shape index (κ1) is 74.8. The van der Waals surface area contributed by atoms with E-state index >= 15 is 0 Å². The summed E-state index contributed by atoms with van der Waals surface area (Å²) < 4.78 is 113. The molecule has 0 saturated carbocycles. The molecule has 0 atom stereocenters. The van der Waals surface area contributed by atoms with Gasteiger partial charge in [-0.1, -0.05) is 94.4 Å². The maximum atomic E-state index is 13.6. The Hall–Kier alpha value is -9.42. The Morgan fingerprint density at radius 3 is 0.850 bits per heavy atom. The van der Waals surface area contributed by atoms with Crippen LogP contribution in [0.5, 0.6) is 11.5 Å². The number of ether oxygens (including phenoxy) is 1. The summed E-state index contributed by atoms with van der Waals surface area (Å²) in [4.78, 5) is 44.8. The second-order valence-corrected chi connectivity index (χ2v) is 22.2. The molecule has 6 aromatic heterocycles. The van der Waals surface area contributed by atoms with Crippen LogP contribution in [0.3, 0.4) is 0 Å². The molecule has 19 nitrogen and oxygen atoms in total. The normalized spacial score (nSPS) is 15.3. The number of hydrogen-bond acceptors (Lipinski definition) is 19. The van der Waals surface area contributed by atoms with Gasteiger partial charge in [0.25, 0.3) is 0 Å². The Morgan fingerprint density at radius 1 is 0.350 bits per heavy atom. The van der Waals surface area contributed by atoms with Crippen LogP contribution in [0, 0.1) is 136 Å². The van der Waals surface area contributed by atoms with Crippen molar-refractivity contribution in [3.63, 3.8) is 0 Å². The fraction of sp³-hybridized carbons (Fsp3) is 0.143. The number of anilines is 6. The molecule has 524 valence electrons. The van der Waals surface area contributed by atoms with Crippen LogP contribution in [0.15, 0.2) is 133 Å². The van der Waals surface area contributed by atoms with Gasteiger partial charge in [-0.05, 0) is 165 Å². The number of rotatable bonds is 12. The molecule has 6 aliphatic heterocycles. The van der Waals surface area contributed by atoms with Crippen molar-refractivity contribution >= 4 is 34.1 Å². The van der Waals surface area contributed by atoms with Crippen molar-refractivity contribution in [2.24, 2.45) is 0 Å². The van der Waals surface area contributed by atoms with E-state index in [0.29, 0.717) is 22.9 Å². The molecule has 2 radical (unpaired) electrons. The minimum atomic E-state index is -1.09. The van der Waals surface area contributed by atoms with E-state index in [4.69, 9.17) is 4.74 Å². The van der Waals surface area contributed by atoms with Crippen LogP contribution >= 0.6 is 0 Å². The molecule has 0 N–H and O–H groups in total. The SMILES string of the molecule is CC1=C(C)N(c2[c-]c(N3C=CN(C)[CH-]3)c(Oc3[c-]c(N4C=CN(C)[CH-]4)c(N4[CH-]N(C)C(C)=C4C)[c-]c3N3C=CN(C)[CH-]3)[c-]c2N2C=CN(C)[CH-]2)[CH-]N1C.Fc1c[c-]c(-c2cccc(-c3[c-]cc(F)nc3F)n2)c(F)n1.Fc1c[c-]c(-c2cccc(-c3[c-]cc(F)nc3F)n2)c(F)n1.[Ir].[Pt+4].[Rh]. The van der Waals surface area contributed by atoms with E-state index < -0.39 is 47.6 Å². The molecular formula is C70H54F8IrN18OPtRh-10. The molecule has 8 aromatic rings. The molecule has 0 aliphatic carbocycles. The number of nitrogens with zero attached hydrogens (tertiary/aromatic N) is 18. The molecule has 30 heteroatoms. The molecular weight excluding hydrogens is 1750 g/mol. The van der Waals surface area contributed by atoms with Crippen LogP contribution in [0.1, 0.15) is 27.7 Å². The zero-order valence-corrected chi connectivity index (χ0v) is 60.6. The number of hydrogen-bond donors (Lipinski definition) is 0. The van der Waals surface area contributed by atoms with Gasteiger partial charge in [0.1, 0.15) is 47.6 Å². The summed E-state index contributed by atoms with van der Waals surface area (Å²) in [7, 11) is 12.1. The fourth-order valence-corrected chi connectivity index (χ4v) is 10.2. The molecule has 6 aliphatic rings. The van der Waals surface area contributed by atoms with Crippen molar-refractivity contribution in [1.29, 1.82) is 0 Å². The Labute approximate surface area is 615 Å². The minimum absolute atomic E-state index is 0. The Kier molecular flexibility index (Phi) is 23.5. The van der Waals surface area contributed by atoms with E-state index in [1.807, 2.05) is 144 Å². The molecule has 100 heavy (non-hydrogen) atoms. The topological polar surface area (TPSA) is 125 Å². The number of benzene rings is 2. The predicted octanol–water partition coefficient (Wildman–Crippen LogP) is 13.0. The van der Waals surface area contributed by atoms with Gasteiger partial charge in [0.15, 0.2) is 0 Å². The smallest absolute Gasteiger partial charge is 0.620 e. The number of allylic oxidation sites excluding steroid dienone is 4. The van der Waals surface area contributed by atoms with E-state index in [0.717, 1.165) is 69.8 Å². The summed E-state index contributed by atoms with van der Waals surface area (Å²) in [6, 6.07) is 36.5. The molecule has 12 heterocycles. The van der Waals surface area contributed by atoms with Crippen LogP contribution in [0.2, 0.25) is 0 Å². The molecule has 0 spiro atoms. The number of pyridine rings is 6. The average molecular weight is 1810 g/mol. The largest absolute Gasteiger partial charge is 4.00 e. The zero-order valence-electron chi connectivity index (χ0n) is 54.3. The first-order valence-corrected chi connectivity index (χ1v) is 29.3. The standard InChI is InChI=1S/C40H44N12O.2C15H5F4N3.Ir.Pt.Rh/c1-29-31(3)51(27-45(29)9)35-19-37(49-17-13-43(7)25-49)39(21-33(35)47-15-11-41(5)23-47)53-40-22-34(48-16-12-42(6)24-48)36(52-28-46(10)30(2)32(52)4)20-38(40)50-18-14-44(8)26-50;2*16-12-6-4-8(14(18)21-12)10-2-1-3-11(20-10)9-5-7-13(17)22-15(9)19;;;/h11-18,23-28H,1-10H3;2*1-3,6-7H;;;/q-10;2*-2;;+4;. The van der Waals surface area contributed by atoms with Crippen molar-refractivity contribution in [2.45, 2.75) is 27.7 Å². The molecule has 0 amide bonds. The summed E-state index contributed by atoms with van der Waals surface area (Å²) in [5.41, 5.74) is 8.70. The molecule has 0 saturated heterocycles. The third-order valence-corrected chi connectivity index (χ3v) is 15.5. The average Bonchev–Trinajstić information content (AvgIpc) is 1.52. The predicted molar refractivity (Wildman–Crippen MR) is 345 cm³/mol. The van der Waals surface area contributed by atoms with E-state index in [9.17, 15) is 35.1 Å². The van der Waals surface area contributed by atoms with Crippen molar-refractivity contribution < 1.29 is 101 Å². The van der Waals surface area contributed by atoms with Crippen molar-refractivity contribution in [3.05, 3.63) is 269 Å². The monoisotopic (exact) mass is 1810 g/mol. The first-order valence-electron chi connectivity index (χ1n) is 29.3. The number of halogens is 8. The summed E-state index contributed by atoms with van der Waals surface area (Å²) in [6.45, 7) is 20.7. The van der Waals surface area contributed by atoms with Gasteiger partial charge in [0.2, 0.25) is 0 Å². The van der Waals surface area contributed by atoms with Gasteiger partial charge in [-0.15, -0.1) is 24.3 Å². The molecule has 0 bridgehead atoms. The van der Waals surface area contributed by atoms with Gasteiger partial charge >= 0.3 is 21.1 Å². The zero-order chi connectivity index (χ0) is 68.7. The molecule has 0 fully saturated rings. The summed E-state index contributed by atoms with van der Waals surface area (Å²) >= 11 is 0. The van der Waals surface area contributed by atoms with Crippen LogP contribution in [0.25, 0.3) is 45.0 Å². The Bertz CT molecular complexity index is 4160. The van der Waals surface area contributed by atoms with Crippen LogP contribution in [0.4, 0.5) is 69.2 Å². The van der Waals surface area contributed by atoms with Crippen molar-refractivity contribution in [3.8, 4) is 56.5 Å². The summed E-state index contributed by atoms with van der Waals surface area (Å²) in [5, 5.41) is 0. The van der Waals surface area contributed by atoms with Crippen LogP contribution < -0.4 is 34.1 Å². The summed E-state index contributed by atoms with van der Waals surface area (Å²) in [6.07, 6.45) is 16.0. The van der Waals surface area contributed by atoms with Crippen molar-refractivity contribution in [2.75, 3.05) is 71.7 Å². The van der Waals surface area contributed by atoms with E-state index in [-0.39, 0.29) is 106 Å². The van der Waals surface area contributed by atoms with Crippen molar-refractivity contribution in [1.82, 2.24) is 59.3 Å². The maximum absolute atomic E-state index is 13.6. The third kappa shape index (κ3) is 15.9. The Balaban J connectivity index is 0.000000204. The second-order valence-electron chi connectivity index (χ2n) is 22.2. The molecule has 2 aromatic carbocycles. The quantitative estimate of drug-likeness (QED) is 0.0498. The van der Waals surface area contributed by atoms with Crippen LogP contribution in [-0.2, 0) is 60.6 Å². The van der Waals surface area contributed by atoms with E-state index in [2.05, 4.69) is 153 Å². The van der Waals surface area contributed by atoms with Gasteiger partial charge in [-0.2, -0.15) is 74.1 Å². The van der Waals surface area contributed by atoms with Gasteiger partial charge in [-0.25, -0.2) is 35.1 Å². The van der Waals surface area contributed by atoms with Gasteiger partial charge < -0.3 is 73.5 Å². The second kappa shape index (κ2) is 31.4. The maximum Gasteiger partial charge on any atom is 4.00 e. The number of aromatic nitrogens is 6. The Morgan fingerprint density at radius 2 is 0.620 bits per heavy atom. The van der Waals surface area contributed by atoms with Gasteiger partial charge in [0, 0.05) is 39.6 Å². The fourth-order valence-electron chi connectivity index (χ4n) is 10.2. The van der Waals surface area contributed by atoms with E-state index in [1.165, 1.54) is 36.4 Å².